The van der Waals surface area contributed by atoms with E-state index in [1.165, 1.54) is 7.11 Å². The van der Waals surface area contributed by atoms with Crippen molar-refractivity contribution in [1.29, 1.82) is 0 Å². The first-order chi connectivity index (χ1) is 7.10. The van der Waals surface area contributed by atoms with Crippen LogP contribution in [0.25, 0.3) is 10.4 Å². The van der Waals surface area contributed by atoms with Crippen molar-refractivity contribution in [3.05, 3.63) is 10.4 Å². The van der Waals surface area contributed by atoms with E-state index >= 15 is 0 Å². The Morgan fingerprint density at radius 3 is 2.53 bits per heavy atom. The van der Waals surface area contributed by atoms with E-state index in [2.05, 4.69) is 14.8 Å². The number of aliphatic carboxylic acids is 1. The SMILES string of the molecule is COC(=O)C1CC(N=[N+]=[N-])CC1C(=O)O. The molecule has 0 spiro atoms. The molecule has 3 atom stereocenters. The van der Waals surface area contributed by atoms with E-state index in [1.54, 1.807) is 0 Å². The third-order valence-electron chi connectivity index (χ3n) is 2.57. The molecule has 0 aliphatic heterocycles. The van der Waals surface area contributed by atoms with Gasteiger partial charge in [-0.3, -0.25) is 9.59 Å². The Hall–Kier alpha value is -1.75. The second kappa shape index (κ2) is 4.65. The van der Waals surface area contributed by atoms with Gasteiger partial charge in [0.15, 0.2) is 0 Å². The van der Waals surface area contributed by atoms with E-state index in [4.69, 9.17) is 10.6 Å². The highest BCUT2D eigenvalue weighted by molar-refractivity contribution is 5.81. The zero-order valence-corrected chi connectivity index (χ0v) is 8.16. The second-order valence-electron chi connectivity index (χ2n) is 3.40. The summed E-state index contributed by atoms with van der Waals surface area (Å²) >= 11 is 0. The fourth-order valence-corrected chi connectivity index (χ4v) is 1.86. The van der Waals surface area contributed by atoms with Gasteiger partial charge in [-0.2, -0.15) is 0 Å². The molecule has 1 rings (SSSR count). The molecule has 3 unspecified atom stereocenters. The number of azide groups is 1. The van der Waals surface area contributed by atoms with Crippen molar-refractivity contribution < 1.29 is 19.4 Å². The average Bonchev–Trinajstić information content (AvgIpc) is 2.61. The van der Waals surface area contributed by atoms with Crippen molar-refractivity contribution in [3.63, 3.8) is 0 Å². The maximum Gasteiger partial charge on any atom is 0.309 e. The van der Waals surface area contributed by atoms with E-state index in [0.717, 1.165) is 0 Å². The predicted molar refractivity (Wildman–Crippen MR) is 48.8 cm³/mol. The third-order valence-corrected chi connectivity index (χ3v) is 2.57. The second-order valence-corrected chi connectivity index (χ2v) is 3.40. The summed E-state index contributed by atoms with van der Waals surface area (Å²) in [6.45, 7) is 0. The molecule has 15 heavy (non-hydrogen) atoms. The molecule has 0 aromatic heterocycles. The highest BCUT2D eigenvalue weighted by Crippen LogP contribution is 2.35. The fraction of sp³-hybridized carbons (Fsp3) is 0.750. The number of ether oxygens (including phenoxy) is 1. The number of hydrogen-bond donors (Lipinski definition) is 1. The Morgan fingerprint density at radius 2 is 2.07 bits per heavy atom. The number of carboxylic acids is 1. The van der Waals surface area contributed by atoms with Crippen LogP contribution in [0, 0.1) is 11.8 Å². The van der Waals surface area contributed by atoms with E-state index < -0.39 is 29.8 Å². The molecule has 0 aromatic carbocycles. The number of nitrogens with zero attached hydrogens (tertiary/aromatic N) is 3. The quantitative estimate of drug-likeness (QED) is 0.325. The van der Waals surface area contributed by atoms with Crippen LogP contribution in [0.4, 0.5) is 0 Å². The molecule has 0 heterocycles. The molecule has 0 bridgehead atoms. The minimum absolute atomic E-state index is 0.194. The number of carbonyl (C=O) groups excluding carboxylic acids is 1. The molecular weight excluding hydrogens is 202 g/mol. The number of methoxy groups -OCH3 is 1. The summed E-state index contributed by atoms with van der Waals surface area (Å²) in [5.41, 5.74) is 8.23. The molecule has 7 nitrogen and oxygen atoms in total. The molecule has 7 heteroatoms. The van der Waals surface area contributed by atoms with Gasteiger partial charge in [0, 0.05) is 11.0 Å². The van der Waals surface area contributed by atoms with Crippen LogP contribution in [0.3, 0.4) is 0 Å². The van der Waals surface area contributed by atoms with Gasteiger partial charge in [0.05, 0.1) is 18.9 Å². The summed E-state index contributed by atoms with van der Waals surface area (Å²) in [7, 11) is 1.21. The van der Waals surface area contributed by atoms with Crippen molar-refractivity contribution in [2.24, 2.45) is 17.0 Å². The van der Waals surface area contributed by atoms with Gasteiger partial charge in [-0.05, 0) is 18.4 Å². The molecule has 1 aliphatic carbocycles. The van der Waals surface area contributed by atoms with Gasteiger partial charge in [-0.15, -0.1) is 0 Å². The number of hydrogen-bond acceptors (Lipinski definition) is 4. The molecule has 1 saturated carbocycles. The standard InChI is InChI=1S/C8H11N3O4/c1-15-8(14)6-3-4(10-11-9)2-5(6)7(12)13/h4-6H,2-3H2,1H3,(H,12,13). The maximum absolute atomic E-state index is 11.3. The maximum atomic E-state index is 11.3. The van der Waals surface area contributed by atoms with Crippen LogP contribution >= 0.6 is 0 Å². The molecule has 1 aliphatic rings. The monoisotopic (exact) mass is 213 g/mol. The molecule has 1 N–H and O–H groups in total. The van der Waals surface area contributed by atoms with Gasteiger partial charge in [0.1, 0.15) is 0 Å². The summed E-state index contributed by atoms with van der Waals surface area (Å²) in [5.74, 6) is -3.13. The van der Waals surface area contributed by atoms with Crippen molar-refractivity contribution >= 4 is 11.9 Å². The van der Waals surface area contributed by atoms with Crippen LogP contribution in [-0.4, -0.2) is 30.2 Å². The van der Waals surface area contributed by atoms with Gasteiger partial charge in [-0.25, -0.2) is 0 Å². The lowest BCUT2D eigenvalue weighted by Gasteiger charge is -2.11. The van der Waals surface area contributed by atoms with Gasteiger partial charge in [0.25, 0.3) is 0 Å². The number of esters is 1. The van der Waals surface area contributed by atoms with Gasteiger partial charge < -0.3 is 9.84 Å². The van der Waals surface area contributed by atoms with Crippen molar-refractivity contribution in [3.8, 4) is 0 Å². The highest BCUT2D eigenvalue weighted by atomic mass is 16.5. The largest absolute Gasteiger partial charge is 0.481 e. The molecule has 0 amide bonds. The van der Waals surface area contributed by atoms with Gasteiger partial charge in [-0.1, -0.05) is 5.11 Å². The zero-order chi connectivity index (χ0) is 11.4. The summed E-state index contributed by atoms with van der Waals surface area (Å²) < 4.78 is 4.50. The average molecular weight is 213 g/mol. The van der Waals surface area contributed by atoms with Gasteiger partial charge >= 0.3 is 11.9 Å². The van der Waals surface area contributed by atoms with E-state index in [0.29, 0.717) is 0 Å². The Kier molecular flexibility index (Phi) is 3.51. The molecule has 0 radical (unpaired) electrons. The minimum atomic E-state index is -1.05. The Bertz CT molecular complexity index is 324. The Balaban J connectivity index is 2.80. The van der Waals surface area contributed by atoms with Crippen molar-refractivity contribution in [2.45, 2.75) is 18.9 Å². The topological polar surface area (TPSA) is 112 Å². The molecule has 0 saturated heterocycles. The normalized spacial score (nSPS) is 29.3. The highest BCUT2D eigenvalue weighted by Gasteiger charge is 2.43. The Labute approximate surface area is 85.7 Å². The first-order valence-corrected chi connectivity index (χ1v) is 4.45. The van der Waals surface area contributed by atoms with Crippen LogP contribution in [0.1, 0.15) is 12.8 Å². The third kappa shape index (κ3) is 2.38. The van der Waals surface area contributed by atoms with Gasteiger partial charge in [0.2, 0.25) is 0 Å². The molecule has 82 valence electrons. The van der Waals surface area contributed by atoms with Crippen molar-refractivity contribution in [1.82, 2.24) is 0 Å². The zero-order valence-electron chi connectivity index (χ0n) is 8.16. The van der Waals surface area contributed by atoms with E-state index in [1.807, 2.05) is 0 Å². The lowest BCUT2D eigenvalue weighted by molar-refractivity contribution is -0.154. The van der Waals surface area contributed by atoms with Crippen molar-refractivity contribution in [2.75, 3.05) is 7.11 Å². The van der Waals surface area contributed by atoms with E-state index in [-0.39, 0.29) is 12.8 Å². The summed E-state index contributed by atoms with van der Waals surface area (Å²) in [6.07, 6.45) is 0.437. The minimum Gasteiger partial charge on any atom is -0.481 e. The number of rotatable bonds is 3. The van der Waals surface area contributed by atoms with Crippen LogP contribution in [0.5, 0.6) is 0 Å². The fourth-order valence-electron chi connectivity index (χ4n) is 1.86. The summed E-state index contributed by atoms with van der Waals surface area (Å²) in [5, 5.41) is 12.3. The molecular formula is C8H11N3O4. The number of carbonyl (C=O) groups is 2. The summed E-state index contributed by atoms with van der Waals surface area (Å²) in [4.78, 5) is 24.7. The first-order valence-electron chi connectivity index (χ1n) is 4.45. The summed E-state index contributed by atoms with van der Waals surface area (Å²) in [6, 6.07) is -0.430. The van der Waals surface area contributed by atoms with Crippen LogP contribution < -0.4 is 0 Å². The van der Waals surface area contributed by atoms with Crippen LogP contribution in [-0.2, 0) is 14.3 Å². The lowest BCUT2D eigenvalue weighted by atomic mass is 9.97. The van der Waals surface area contributed by atoms with Crippen LogP contribution in [0.2, 0.25) is 0 Å². The predicted octanol–water partition coefficient (Wildman–Crippen LogP) is 0.949. The number of carboxylic acid groups (broad SMARTS) is 1. The first kappa shape index (κ1) is 11.3. The lowest BCUT2D eigenvalue weighted by Crippen LogP contribution is -2.26. The molecule has 1 fully saturated rings. The molecule has 0 aromatic rings. The Morgan fingerprint density at radius 1 is 1.47 bits per heavy atom. The smallest absolute Gasteiger partial charge is 0.309 e. The van der Waals surface area contributed by atoms with Crippen LogP contribution in [0.15, 0.2) is 5.11 Å². The van der Waals surface area contributed by atoms with E-state index in [9.17, 15) is 9.59 Å².